The second-order valence-corrected chi connectivity index (χ2v) is 5.34. The molecule has 0 bridgehead atoms. The number of benzene rings is 1. The van der Waals surface area contributed by atoms with E-state index in [0.29, 0.717) is 11.0 Å². The lowest BCUT2D eigenvalue weighted by Gasteiger charge is -2.26. The van der Waals surface area contributed by atoms with E-state index >= 15 is 0 Å². The Morgan fingerprint density at radius 2 is 1.95 bits per heavy atom. The van der Waals surface area contributed by atoms with Crippen LogP contribution in [0, 0.1) is 5.82 Å². The highest BCUT2D eigenvalue weighted by molar-refractivity contribution is 6.04. The van der Waals surface area contributed by atoms with Crippen LogP contribution in [0.2, 0.25) is 0 Å². The summed E-state index contributed by atoms with van der Waals surface area (Å²) in [5, 5.41) is 2.95. The smallest absolute Gasteiger partial charge is 0.253 e. The van der Waals surface area contributed by atoms with Crippen LogP contribution in [0.4, 0.5) is 4.39 Å². The zero-order valence-corrected chi connectivity index (χ0v) is 13.5. The predicted molar refractivity (Wildman–Crippen MR) is 88.2 cm³/mol. The fraction of sp³-hybridized carbons (Fsp3) is 0.429. The number of carbonyl (C=O) groups excluding carboxylic acids is 1. The minimum absolute atomic E-state index is 0. The van der Waals surface area contributed by atoms with Crippen molar-refractivity contribution in [1.29, 1.82) is 0 Å². The molecule has 8 heteroatoms. The lowest BCUT2D eigenvalue weighted by atomic mass is 9.91. The van der Waals surface area contributed by atoms with Gasteiger partial charge in [0.05, 0.1) is 17.4 Å². The number of carbonyl (C=O) groups is 1. The molecule has 5 nitrogen and oxygen atoms in total. The first-order valence-corrected chi connectivity index (χ1v) is 6.82. The molecule has 0 radical (unpaired) electrons. The molecule has 3 rings (SSSR count). The van der Waals surface area contributed by atoms with E-state index in [1.165, 1.54) is 18.5 Å². The molecule has 0 saturated heterocycles. The van der Waals surface area contributed by atoms with Gasteiger partial charge in [-0.1, -0.05) is 0 Å². The number of hydrogen-bond donors (Lipinski definition) is 3. The Balaban J connectivity index is 0.00000121. The van der Waals surface area contributed by atoms with E-state index < -0.39 is 5.82 Å². The highest BCUT2D eigenvalue weighted by Crippen LogP contribution is 2.20. The summed E-state index contributed by atoms with van der Waals surface area (Å²) in [6.45, 7) is 0. The Morgan fingerprint density at radius 3 is 2.64 bits per heavy atom. The molecule has 1 aromatic carbocycles. The number of aromatic amines is 1. The fourth-order valence-corrected chi connectivity index (χ4v) is 2.71. The summed E-state index contributed by atoms with van der Waals surface area (Å²) in [5.74, 6) is -0.723. The van der Waals surface area contributed by atoms with Crippen LogP contribution in [-0.4, -0.2) is 28.0 Å². The van der Waals surface area contributed by atoms with Gasteiger partial charge in [-0.2, -0.15) is 0 Å². The standard InChI is InChI=1S/C14H17FN4O.2ClH/c15-8-5-11(13-12(6-8)17-7-18-13)14(20)19-10-3-1-9(16)2-4-10;;/h5-7,9-10H,1-4,16H2,(H,17,18)(H,19,20);2*1H. The largest absolute Gasteiger partial charge is 0.349 e. The van der Waals surface area contributed by atoms with Gasteiger partial charge in [-0.25, -0.2) is 9.37 Å². The van der Waals surface area contributed by atoms with Gasteiger partial charge in [0.25, 0.3) is 5.91 Å². The van der Waals surface area contributed by atoms with E-state index in [1.54, 1.807) is 0 Å². The maximum Gasteiger partial charge on any atom is 0.253 e. The monoisotopic (exact) mass is 348 g/mol. The van der Waals surface area contributed by atoms with E-state index in [0.717, 1.165) is 25.7 Å². The number of nitrogens with one attached hydrogen (secondary N) is 2. The molecular weight excluding hydrogens is 330 g/mol. The second kappa shape index (κ2) is 7.76. The third-order valence-electron chi connectivity index (χ3n) is 3.84. The number of hydrogen-bond acceptors (Lipinski definition) is 3. The van der Waals surface area contributed by atoms with Crippen LogP contribution in [0.15, 0.2) is 18.5 Å². The summed E-state index contributed by atoms with van der Waals surface area (Å²) in [7, 11) is 0. The summed E-state index contributed by atoms with van der Waals surface area (Å²) in [6, 6.07) is 2.90. The minimum atomic E-state index is -0.447. The molecule has 122 valence electrons. The quantitative estimate of drug-likeness (QED) is 0.779. The van der Waals surface area contributed by atoms with Crippen LogP contribution in [0.1, 0.15) is 36.0 Å². The molecule has 1 aromatic heterocycles. The number of nitrogens with two attached hydrogens (primary N) is 1. The van der Waals surface area contributed by atoms with Crippen molar-refractivity contribution in [3.05, 3.63) is 29.8 Å². The SMILES string of the molecule is Cl.Cl.NC1CCC(NC(=O)c2cc(F)cc3[nH]cnc23)CC1. The third kappa shape index (κ3) is 3.88. The maximum absolute atomic E-state index is 13.5. The average Bonchev–Trinajstić information content (AvgIpc) is 2.88. The van der Waals surface area contributed by atoms with Gasteiger partial charge in [-0.05, 0) is 37.8 Å². The van der Waals surface area contributed by atoms with Crippen LogP contribution in [0.5, 0.6) is 0 Å². The van der Waals surface area contributed by atoms with E-state index in [-0.39, 0.29) is 48.4 Å². The van der Waals surface area contributed by atoms with Crippen molar-refractivity contribution < 1.29 is 9.18 Å². The van der Waals surface area contributed by atoms with Crippen molar-refractivity contribution in [3.8, 4) is 0 Å². The summed E-state index contributed by atoms with van der Waals surface area (Å²) < 4.78 is 13.5. The molecule has 1 aliphatic rings. The van der Waals surface area contributed by atoms with Gasteiger partial charge in [0, 0.05) is 12.1 Å². The maximum atomic E-state index is 13.5. The summed E-state index contributed by atoms with van der Waals surface area (Å²) in [4.78, 5) is 19.2. The number of rotatable bonds is 2. The van der Waals surface area contributed by atoms with Crippen molar-refractivity contribution in [3.63, 3.8) is 0 Å². The molecule has 4 N–H and O–H groups in total. The molecule has 1 amide bonds. The zero-order chi connectivity index (χ0) is 14.1. The number of imidazole rings is 1. The number of aromatic nitrogens is 2. The number of fused-ring (bicyclic) bond motifs is 1. The minimum Gasteiger partial charge on any atom is -0.349 e. The van der Waals surface area contributed by atoms with Crippen molar-refractivity contribution in [2.24, 2.45) is 5.73 Å². The van der Waals surface area contributed by atoms with Gasteiger partial charge >= 0.3 is 0 Å². The number of nitrogens with zero attached hydrogens (tertiary/aromatic N) is 1. The molecule has 1 heterocycles. The van der Waals surface area contributed by atoms with Crippen LogP contribution in [0.3, 0.4) is 0 Å². The van der Waals surface area contributed by atoms with Crippen molar-refractivity contribution >= 4 is 41.8 Å². The molecule has 0 atom stereocenters. The summed E-state index contributed by atoms with van der Waals surface area (Å²) >= 11 is 0. The Kier molecular flexibility index (Phi) is 6.59. The van der Waals surface area contributed by atoms with Gasteiger partial charge in [-0.15, -0.1) is 24.8 Å². The average molecular weight is 349 g/mol. The van der Waals surface area contributed by atoms with Crippen LogP contribution >= 0.6 is 24.8 Å². The number of H-pyrrole nitrogens is 1. The molecule has 1 fully saturated rings. The molecular formula is C14H19Cl2FN4O. The van der Waals surface area contributed by atoms with Gasteiger partial charge in [0.1, 0.15) is 11.3 Å². The van der Waals surface area contributed by atoms with E-state index in [9.17, 15) is 9.18 Å². The fourth-order valence-electron chi connectivity index (χ4n) is 2.71. The van der Waals surface area contributed by atoms with Crippen molar-refractivity contribution in [2.45, 2.75) is 37.8 Å². The molecule has 22 heavy (non-hydrogen) atoms. The lowest BCUT2D eigenvalue weighted by molar-refractivity contribution is 0.0927. The first-order valence-electron chi connectivity index (χ1n) is 6.82. The van der Waals surface area contributed by atoms with Gasteiger partial charge in [0.2, 0.25) is 0 Å². The van der Waals surface area contributed by atoms with Crippen molar-refractivity contribution in [2.75, 3.05) is 0 Å². The first kappa shape index (κ1) is 18.7. The van der Waals surface area contributed by atoms with Gasteiger partial charge < -0.3 is 16.0 Å². The normalized spacial score (nSPS) is 20.8. The highest BCUT2D eigenvalue weighted by Gasteiger charge is 2.22. The Labute approximate surface area is 140 Å². The molecule has 1 saturated carbocycles. The van der Waals surface area contributed by atoms with Crippen molar-refractivity contribution in [1.82, 2.24) is 15.3 Å². The lowest BCUT2D eigenvalue weighted by Crippen LogP contribution is -2.40. The Morgan fingerprint density at radius 1 is 1.27 bits per heavy atom. The van der Waals surface area contributed by atoms with E-state index in [1.807, 2.05) is 0 Å². The van der Waals surface area contributed by atoms with E-state index in [2.05, 4.69) is 15.3 Å². The zero-order valence-electron chi connectivity index (χ0n) is 11.8. The molecule has 1 aliphatic carbocycles. The topological polar surface area (TPSA) is 83.8 Å². The Hall–Kier alpha value is -1.37. The first-order chi connectivity index (χ1) is 9.63. The van der Waals surface area contributed by atoms with E-state index in [4.69, 9.17) is 5.73 Å². The van der Waals surface area contributed by atoms with Gasteiger partial charge in [0.15, 0.2) is 0 Å². The number of amides is 1. The highest BCUT2D eigenvalue weighted by atomic mass is 35.5. The second-order valence-electron chi connectivity index (χ2n) is 5.34. The predicted octanol–water partition coefficient (Wildman–Crippen LogP) is 2.55. The molecule has 0 aliphatic heterocycles. The number of halogens is 3. The van der Waals surface area contributed by atoms with Crippen LogP contribution < -0.4 is 11.1 Å². The molecule has 0 unspecified atom stereocenters. The third-order valence-corrected chi connectivity index (χ3v) is 3.84. The van der Waals surface area contributed by atoms with Crippen LogP contribution in [0.25, 0.3) is 11.0 Å². The van der Waals surface area contributed by atoms with Crippen LogP contribution in [-0.2, 0) is 0 Å². The summed E-state index contributed by atoms with van der Waals surface area (Å²) in [6.07, 6.45) is 5.01. The summed E-state index contributed by atoms with van der Waals surface area (Å²) in [5.41, 5.74) is 7.14. The molecule has 0 spiro atoms. The molecule has 2 aromatic rings. The van der Waals surface area contributed by atoms with Gasteiger partial charge in [-0.3, -0.25) is 4.79 Å². The Bertz CT molecular complexity index is 641.